The molecule has 3 aromatic carbocycles. The summed E-state index contributed by atoms with van der Waals surface area (Å²) in [5.41, 5.74) is 6.94. The summed E-state index contributed by atoms with van der Waals surface area (Å²) in [5, 5.41) is 1.76. The molecule has 0 fully saturated rings. The van der Waals surface area contributed by atoms with Crippen molar-refractivity contribution in [1.82, 2.24) is 0 Å². The first kappa shape index (κ1) is 15.9. The van der Waals surface area contributed by atoms with Crippen molar-refractivity contribution >= 4 is 22.2 Å². The average molecular weight is 321 g/mol. The highest BCUT2D eigenvalue weighted by Gasteiger charge is 2.20. The molecule has 2 N–H and O–H groups in total. The molecule has 0 aromatic heterocycles. The maximum absolute atomic E-state index is 12.8. The monoisotopic (exact) mass is 321 g/mol. The molecule has 122 valence electrons. The molecule has 0 spiro atoms. The number of fused-ring (bicyclic) bond motifs is 1. The number of ketones is 1. The molecule has 0 saturated heterocycles. The predicted molar refractivity (Wildman–Crippen MR) is 95.8 cm³/mol. The number of carbonyl (C=O) groups excluding carboxylic acids is 1. The number of ether oxygens (including phenoxy) is 2. The van der Waals surface area contributed by atoms with Gasteiger partial charge in [-0.2, -0.15) is 0 Å². The van der Waals surface area contributed by atoms with Crippen LogP contribution < -0.4 is 15.2 Å². The second-order valence-corrected chi connectivity index (χ2v) is 5.55. The number of rotatable bonds is 5. The molecule has 1 atom stereocenters. The number of nitrogen functional groups attached to an aromatic ring is 1. The largest absolute Gasteiger partial charge is 0.496 e. The van der Waals surface area contributed by atoms with Crippen molar-refractivity contribution in [2.24, 2.45) is 0 Å². The summed E-state index contributed by atoms with van der Waals surface area (Å²) in [6, 6.07) is 18.3. The molecule has 4 nitrogen and oxygen atoms in total. The van der Waals surface area contributed by atoms with Gasteiger partial charge in [-0.1, -0.05) is 24.3 Å². The van der Waals surface area contributed by atoms with Crippen LogP contribution in [0.1, 0.15) is 17.3 Å². The third-order valence-corrected chi connectivity index (χ3v) is 3.93. The molecule has 0 saturated carbocycles. The summed E-state index contributed by atoms with van der Waals surface area (Å²) in [4.78, 5) is 12.8. The topological polar surface area (TPSA) is 61.5 Å². The van der Waals surface area contributed by atoms with E-state index in [2.05, 4.69) is 0 Å². The van der Waals surface area contributed by atoms with E-state index in [0.717, 1.165) is 16.5 Å². The summed E-state index contributed by atoms with van der Waals surface area (Å²) >= 11 is 0. The Balaban J connectivity index is 1.92. The number of anilines is 1. The van der Waals surface area contributed by atoms with Gasteiger partial charge in [-0.05, 0) is 48.7 Å². The summed E-state index contributed by atoms with van der Waals surface area (Å²) in [6.07, 6.45) is -0.606. The van der Waals surface area contributed by atoms with Crippen molar-refractivity contribution in [2.75, 3.05) is 12.8 Å². The number of hydrogen-bond donors (Lipinski definition) is 1. The maximum atomic E-state index is 12.8. The minimum atomic E-state index is -0.606. The van der Waals surface area contributed by atoms with Gasteiger partial charge in [0.15, 0.2) is 6.10 Å². The zero-order chi connectivity index (χ0) is 17.1. The van der Waals surface area contributed by atoms with Crippen LogP contribution in [0.3, 0.4) is 0 Å². The Labute approximate surface area is 140 Å². The Morgan fingerprint density at radius 1 is 0.958 bits per heavy atom. The van der Waals surface area contributed by atoms with E-state index in [1.807, 2.05) is 30.3 Å². The summed E-state index contributed by atoms with van der Waals surface area (Å²) in [5.74, 6) is 1.28. The molecule has 0 radical (unpaired) electrons. The first-order chi connectivity index (χ1) is 11.6. The quantitative estimate of drug-likeness (QED) is 0.568. The van der Waals surface area contributed by atoms with Crippen molar-refractivity contribution in [3.63, 3.8) is 0 Å². The second kappa shape index (κ2) is 6.62. The van der Waals surface area contributed by atoms with Crippen molar-refractivity contribution < 1.29 is 14.3 Å². The molecular weight excluding hydrogens is 302 g/mol. The van der Waals surface area contributed by atoms with Crippen molar-refractivity contribution in [3.05, 3.63) is 66.2 Å². The van der Waals surface area contributed by atoms with E-state index >= 15 is 0 Å². The van der Waals surface area contributed by atoms with Gasteiger partial charge in [0, 0.05) is 16.6 Å². The lowest BCUT2D eigenvalue weighted by molar-refractivity contribution is 0.0820. The number of carbonyl (C=O) groups is 1. The molecule has 24 heavy (non-hydrogen) atoms. The van der Waals surface area contributed by atoms with Crippen LogP contribution in [0.25, 0.3) is 10.8 Å². The van der Waals surface area contributed by atoms with Gasteiger partial charge in [-0.25, -0.2) is 0 Å². The van der Waals surface area contributed by atoms with Gasteiger partial charge >= 0.3 is 0 Å². The van der Waals surface area contributed by atoms with Gasteiger partial charge in [0.25, 0.3) is 0 Å². The summed E-state index contributed by atoms with van der Waals surface area (Å²) in [6.45, 7) is 1.75. The minimum absolute atomic E-state index is 0.0781. The number of nitrogens with two attached hydrogens (primary N) is 1. The van der Waals surface area contributed by atoms with Crippen LogP contribution in [0.2, 0.25) is 0 Å². The van der Waals surface area contributed by atoms with Crippen molar-refractivity contribution in [1.29, 1.82) is 0 Å². The smallest absolute Gasteiger partial charge is 0.203 e. The first-order valence-corrected chi connectivity index (χ1v) is 7.72. The summed E-state index contributed by atoms with van der Waals surface area (Å²) in [7, 11) is 1.62. The molecule has 0 amide bonds. The highest BCUT2D eigenvalue weighted by Crippen LogP contribution is 2.29. The Bertz CT molecular complexity index is 872. The molecular formula is C20H19NO3. The fourth-order valence-corrected chi connectivity index (χ4v) is 2.69. The lowest BCUT2D eigenvalue weighted by Gasteiger charge is -2.16. The number of benzene rings is 3. The zero-order valence-electron chi connectivity index (χ0n) is 13.7. The highest BCUT2D eigenvalue weighted by molar-refractivity contribution is 6.11. The van der Waals surface area contributed by atoms with E-state index < -0.39 is 6.10 Å². The van der Waals surface area contributed by atoms with Gasteiger partial charge in [0.1, 0.15) is 11.5 Å². The molecule has 0 aliphatic rings. The number of Topliss-reactive ketones (excluding diaryl/α,β-unsaturated/α-hetero) is 1. The van der Waals surface area contributed by atoms with E-state index in [1.165, 1.54) is 0 Å². The lowest BCUT2D eigenvalue weighted by atomic mass is 9.98. The van der Waals surface area contributed by atoms with Crippen LogP contribution in [0, 0.1) is 0 Å². The molecule has 4 heteroatoms. The number of methoxy groups -OCH3 is 1. The molecule has 0 aliphatic heterocycles. The minimum Gasteiger partial charge on any atom is -0.496 e. The number of hydrogen-bond acceptors (Lipinski definition) is 4. The predicted octanol–water partition coefficient (Wildman–Crippen LogP) is 4.08. The van der Waals surface area contributed by atoms with E-state index in [1.54, 1.807) is 44.4 Å². The van der Waals surface area contributed by atoms with E-state index in [4.69, 9.17) is 15.2 Å². The normalized spacial score (nSPS) is 11.9. The zero-order valence-corrected chi connectivity index (χ0v) is 13.7. The van der Waals surface area contributed by atoms with E-state index in [0.29, 0.717) is 17.0 Å². The van der Waals surface area contributed by atoms with Crippen molar-refractivity contribution in [2.45, 2.75) is 13.0 Å². The molecule has 3 aromatic rings. The molecule has 1 unspecified atom stereocenters. The fraction of sp³-hybridized carbons (Fsp3) is 0.150. The van der Waals surface area contributed by atoms with Crippen LogP contribution in [0.4, 0.5) is 5.69 Å². The highest BCUT2D eigenvalue weighted by atomic mass is 16.5. The lowest BCUT2D eigenvalue weighted by Crippen LogP contribution is -2.24. The van der Waals surface area contributed by atoms with Crippen LogP contribution in [0.5, 0.6) is 11.5 Å². The Morgan fingerprint density at radius 2 is 1.62 bits per heavy atom. The Hall–Kier alpha value is -3.01. The van der Waals surface area contributed by atoms with Crippen LogP contribution in [-0.4, -0.2) is 19.0 Å². The summed E-state index contributed by atoms with van der Waals surface area (Å²) < 4.78 is 11.1. The van der Waals surface area contributed by atoms with Crippen LogP contribution >= 0.6 is 0 Å². The fourth-order valence-electron chi connectivity index (χ4n) is 2.69. The molecule has 0 heterocycles. The van der Waals surface area contributed by atoms with Crippen LogP contribution in [-0.2, 0) is 0 Å². The van der Waals surface area contributed by atoms with E-state index in [9.17, 15) is 4.79 Å². The third-order valence-electron chi connectivity index (χ3n) is 3.93. The standard InChI is InChI=1S/C20H19NO3/c1-13(24-15-9-7-14(21)8-10-15)20(22)18-11-12-19(23-2)17-6-4-3-5-16(17)18/h3-13H,21H2,1-2H3. The Morgan fingerprint density at radius 3 is 2.29 bits per heavy atom. The molecule has 0 bridgehead atoms. The van der Waals surface area contributed by atoms with Gasteiger partial charge in [-0.3, -0.25) is 4.79 Å². The van der Waals surface area contributed by atoms with Crippen molar-refractivity contribution in [3.8, 4) is 11.5 Å². The van der Waals surface area contributed by atoms with Gasteiger partial charge < -0.3 is 15.2 Å². The molecule has 0 aliphatic carbocycles. The first-order valence-electron chi connectivity index (χ1n) is 7.72. The van der Waals surface area contributed by atoms with Gasteiger partial charge in [0.05, 0.1) is 7.11 Å². The average Bonchev–Trinajstić information content (AvgIpc) is 2.62. The van der Waals surface area contributed by atoms with Crippen LogP contribution in [0.15, 0.2) is 60.7 Å². The molecule has 3 rings (SSSR count). The SMILES string of the molecule is COc1ccc(C(=O)C(C)Oc2ccc(N)cc2)c2ccccc12. The van der Waals surface area contributed by atoms with E-state index in [-0.39, 0.29) is 5.78 Å². The van der Waals surface area contributed by atoms with Gasteiger partial charge in [-0.15, -0.1) is 0 Å². The Kier molecular flexibility index (Phi) is 4.38. The third kappa shape index (κ3) is 3.04. The van der Waals surface area contributed by atoms with Gasteiger partial charge in [0.2, 0.25) is 5.78 Å². The maximum Gasteiger partial charge on any atom is 0.203 e. The second-order valence-electron chi connectivity index (χ2n) is 5.55.